The van der Waals surface area contributed by atoms with Crippen LogP contribution in [-0.4, -0.2) is 22.4 Å². The largest absolute Gasteiger partial charge is 0.390 e. The third kappa shape index (κ3) is 2.60. The zero-order chi connectivity index (χ0) is 5.86. The van der Waals surface area contributed by atoms with Gasteiger partial charge in [0.15, 0.2) is 0 Å². The molecule has 0 aromatic heterocycles. The van der Waals surface area contributed by atoms with Crippen LogP contribution in [0.3, 0.4) is 0 Å². The van der Waals surface area contributed by atoms with Crippen LogP contribution in [0.2, 0.25) is 0 Å². The van der Waals surface area contributed by atoms with Gasteiger partial charge in [-0.2, -0.15) is 0 Å². The van der Waals surface area contributed by atoms with Gasteiger partial charge in [0.2, 0.25) is 0 Å². The van der Waals surface area contributed by atoms with E-state index < -0.39 is 12.2 Å². The highest BCUT2D eigenvalue weighted by Gasteiger charge is 2.05. The lowest BCUT2D eigenvalue weighted by molar-refractivity contribution is 0.0490. The van der Waals surface area contributed by atoms with Crippen LogP contribution >= 0.6 is 0 Å². The quantitative estimate of drug-likeness (QED) is 0.505. The summed E-state index contributed by atoms with van der Waals surface area (Å²) in [5.41, 5.74) is 0. The van der Waals surface area contributed by atoms with Gasteiger partial charge in [-0.25, -0.2) is 0 Å². The minimum Gasteiger partial charge on any atom is -0.390 e. The Morgan fingerprint density at radius 3 is 1.86 bits per heavy atom. The normalized spacial score (nSPS) is 18.9. The first-order chi connectivity index (χ1) is 3.18. The van der Waals surface area contributed by atoms with Crippen LogP contribution < -0.4 is 0 Å². The summed E-state index contributed by atoms with van der Waals surface area (Å²) in [6.07, 6.45) is -1.34. The maximum atomic E-state index is 8.56. The molecule has 42 valence electrons. The summed E-state index contributed by atoms with van der Waals surface area (Å²) in [5.74, 6) is 0. The van der Waals surface area contributed by atoms with Crippen molar-refractivity contribution in [3.05, 3.63) is 13.8 Å². The van der Waals surface area contributed by atoms with Gasteiger partial charge in [0.1, 0.15) is 0 Å². The van der Waals surface area contributed by atoms with E-state index in [0.717, 1.165) is 0 Å². The molecule has 2 N–H and O–H groups in total. The highest BCUT2D eigenvalue weighted by molar-refractivity contribution is 4.68. The summed E-state index contributed by atoms with van der Waals surface area (Å²) in [5, 5.41) is 17.0. The smallest absolute Gasteiger partial charge is 0.0800 e. The van der Waals surface area contributed by atoms with Gasteiger partial charge in [0.05, 0.1) is 12.2 Å². The van der Waals surface area contributed by atoms with Gasteiger partial charge in [-0.15, -0.1) is 0 Å². The van der Waals surface area contributed by atoms with Crippen LogP contribution in [-0.2, 0) is 0 Å². The molecule has 0 amide bonds. The molecule has 2 heteroatoms. The summed E-state index contributed by atoms with van der Waals surface area (Å²) in [6, 6.07) is 0. The summed E-state index contributed by atoms with van der Waals surface area (Å²) in [6.45, 7) is 6.53. The Morgan fingerprint density at radius 2 is 1.86 bits per heavy atom. The van der Waals surface area contributed by atoms with Gasteiger partial charge < -0.3 is 10.2 Å². The lowest BCUT2D eigenvalue weighted by atomic mass is 10.2. The molecule has 0 aliphatic heterocycles. The second-order valence-electron chi connectivity index (χ2n) is 1.42. The van der Waals surface area contributed by atoms with Crippen molar-refractivity contribution in [2.24, 2.45) is 0 Å². The lowest BCUT2D eigenvalue weighted by Gasteiger charge is -2.08. The van der Waals surface area contributed by atoms with Crippen molar-refractivity contribution in [1.82, 2.24) is 0 Å². The third-order valence-electron chi connectivity index (χ3n) is 0.740. The molecule has 0 heterocycles. The van der Waals surface area contributed by atoms with Crippen LogP contribution in [0.5, 0.6) is 0 Å². The molecule has 2 radical (unpaired) electrons. The van der Waals surface area contributed by atoms with Gasteiger partial charge in [-0.3, -0.25) is 0 Å². The fourth-order valence-electron chi connectivity index (χ4n) is 0.192. The molecular formula is C5H10O2. The van der Waals surface area contributed by atoms with Crippen molar-refractivity contribution >= 4 is 0 Å². The molecule has 2 atom stereocenters. The van der Waals surface area contributed by atoms with Gasteiger partial charge in [-0.1, -0.05) is 6.92 Å². The van der Waals surface area contributed by atoms with Gasteiger partial charge in [-0.05, 0) is 13.3 Å². The number of hydrogen-bond donors (Lipinski definition) is 2. The zero-order valence-corrected chi connectivity index (χ0v) is 4.17. The number of hydrogen-bond acceptors (Lipinski definition) is 2. The van der Waals surface area contributed by atoms with Gasteiger partial charge >= 0.3 is 0 Å². The summed E-state index contributed by atoms with van der Waals surface area (Å²) < 4.78 is 0. The Morgan fingerprint density at radius 1 is 1.43 bits per heavy atom. The molecule has 0 bridgehead atoms. The fourth-order valence-corrected chi connectivity index (χ4v) is 0.192. The summed E-state index contributed by atoms with van der Waals surface area (Å²) in [7, 11) is 0. The van der Waals surface area contributed by atoms with Crippen molar-refractivity contribution in [2.75, 3.05) is 0 Å². The molecule has 2 nitrogen and oxygen atoms in total. The van der Waals surface area contributed by atoms with Crippen molar-refractivity contribution in [3.63, 3.8) is 0 Å². The zero-order valence-electron chi connectivity index (χ0n) is 4.17. The van der Waals surface area contributed by atoms with Crippen LogP contribution in [0.15, 0.2) is 0 Å². The summed E-state index contributed by atoms with van der Waals surface area (Å²) >= 11 is 0. The SMILES string of the molecule is [CH2]CC(O)C([CH2])O. The molecule has 0 rings (SSSR count). The highest BCUT2D eigenvalue weighted by Crippen LogP contribution is 1.93. The number of aliphatic hydroxyl groups excluding tert-OH is 2. The number of aliphatic hydroxyl groups is 2. The molecule has 0 saturated heterocycles. The first-order valence-electron chi connectivity index (χ1n) is 2.17. The standard InChI is InChI=1S/C5H10O2/c1-3-5(7)4(2)6/h4-7H,1-3H2. The van der Waals surface area contributed by atoms with Crippen molar-refractivity contribution in [2.45, 2.75) is 18.6 Å². The van der Waals surface area contributed by atoms with E-state index in [4.69, 9.17) is 10.2 Å². The monoisotopic (exact) mass is 102 g/mol. The highest BCUT2D eigenvalue weighted by atomic mass is 16.3. The Kier molecular flexibility index (Phi) is 2.96. The van der Waals surface area contributed by atoms with E-state index in [1.165, 1.54) is 0 Å². The third-order valence-corrected chi connectivity index (χ3v) is 0.740. The minimum atomic E-state index is -0.891. The van der Waals surface area contributed by atoms with E-state index in [0.29, 0.717) is 6.42 Å². The van der Waals surface area contributed by atoms with Crippen LogP contribution in [0.1, 0.15) is 6.42 Å². The van der Waals surface area contributed by atoms with E-state index >= 15 is 0 Å². The van der Waals surface area contributed by atoms with E-state index in [2.05, 4.69) is 13.8 Å². The molecule has 7 heavy (non-hydrogen) atoms. The van der Waals surface area contributed by atoms with Crippen LogP contribution in [0.4, 0.5) is 0 Å². The summed E-state index contributed by atoms with van der Waals surface area (Å²) in [4.78, 5) is 0. The molecule has 0 fully saturated rings. The van der Waals surface area contributed by atoms with Crippen molar-refractivity contribution in [1.29, 1.82) is 0 Å². The van der Waals surface area contributed by atoms with E-state index in [1.54, 1.807) is 0 Å². The second-order valence-corrected chi connectivity index (χ2v) is 1.42. The Bertz CT molecular complexity index is 43.3. The van der Waals surface area contributed by atoms with Crippen molar-refractivity contribution in [3.8, 4) is 0 Å². The average molecular weight is 102 g/mol. The minimum absolute atomic E-state index is 0.310. The van der Waals surface area contributed by atoms with Gasteiger partial charge in [0, 0.05) is 0 Å². The topological polar surface area (TPSA) is 40.5 Å². The van der Waals surface area contributed by atoms with Crippen LogP contribution in [0, 0.1) is 13.8 Å². The molecule has 0 aromatic rings. The molecule has 2 unspecified atom stereocenters. The fraction of sp³-hybridized carbons (Fsp3) is 0.600. The first kappa shape index (κ1) is 6.92. The number of rotatable bonds is 2. The molecule has 0 saturated carbocycles. The average Bonchev–Trinajstić information content (AvgIpc) is 1.65. The Labute approximate surface area is 43.8 Å². The molecule has 0 aromatic carbocycles. The van der Waals surface area contributed by atoms with Crippen molar-refractivity contribution < 1.29 is 10.2 Å². The Hall–Kier alpha value is -0.0800. The molecule has 0 aliphatic carbocycles. The van der Waals surface area contributed by atoms with E-state index in [1.807, 2.05) is 0 Å². The van der Waals surface area contributed by atoms with E-state index in [9.17, 15) is 0 Å². The maximum Gasteiger partial charge on any atom is 0.0800 e. The first-order valence-corrected chi connectivity index (χ1v) is 2.17. The molecule has 0 aliphatic rings. The molecular weight excluding hydrogens is 92.1 g/mol. The van der Waals surface area contributed by atoms with E-state index in [-0.39, 0.29) is 0 Å². The predicted molar refractivity (Wildman–Crippen MR) is 27.3 cm³/mol. The predicted octanol–water partition coefficient (Wildman–Crippen LogP) is -0.234. The van der Waals surface area contributed by atoms with Crippen LogP contribution in [0.25, 0.3) is 0 Å². The molecule has 0 spiro atoms. The Balaban J connectivity index is 3.14. The maximum absolute atomic E-state index is 8.56. The lowest BCUT2D eigenvalue weighted by Crippen LogP contribution is -2.21. The van der Waals surface area contributed by atoms with Gasteiger partial charge in [0.25, 0.3) is 0 Å². The second kappa shape index (κ2) is 2.99.